The van der Waals surface area contributed by atoms with Crippen LogP contribution < -0.4 is 5.32 Å². The number of piperidine rings is 1. The van der Waals surface area contributed by atoms with E-state index in [1.165, 1.54) is 51.6 Å². The first-order chi connectivity index (χ1) is 8.85. The molecule has 3 nitrogen and oxygen atoms in total. The molecule has 0 aromatic rings. The summed E-state index contributed by atoms with van der Waals surface area (Å²) in [7, 11) is 0. The Bertz CT molecular complexity index is 253. The van der Waals surface area contributed by atoms with Gasteiger partial charge in [0.2, 0.25) is 0 Å². The van der Waals surface area contributed by atoms with Crippen LogP contribution in [0.15, 0.2) is 0 Å². The molecule has 18 heavy (non-hydrogen) atoms. The van der Waals surface area contributed by atoms with Crippen molar-refractivity contribution in [2.75, 3.05) is 26.3 Å². The third kappa shape index (κ3) is 2.89. The molecule has 3 atom stereocenters. The Balaban J connectivity index is 1.54. The van der Waals surface area contributed by atoms with Gasteiger partial charge in [-0.05, 0) is 51.0 Å². The highest BCUT2D eigenvalue weighted by molar-refractivity contribution is 4.95. The standard InChI is InChI=1S/C15H28N2O/c1-2-17(10-12-4-3-7-18-11-12)15-8-13-5-6-14(9-15)16-13/h12-16H,2-11H2,1H3. The third-order valence-corrected chi connectivity index (χ3v) is 5.12. The molecule has 3 unspecified atom stereocenters. The van der Waals surface area contributed by atoms with Gasteiger partial charge in [0.05, 0.1) is 6.61 Å². The lowest BCUT2D eigenvalue weighted by Crippen LogP contribution is -2.49. The molecule has 3 aliphatic heterocycles. The van der Waals surface area contributed by atoms with Crippen molar-refractivity contribution in [3.8, 4) is 0 Å². The average Bonchev–Trinajstić information content (AvgIpc) is 2.76. The van der Waals surface area contributed by atoms with Crippen molar-refractivity contribution >= 4 is 0 Å². The SMILES string of the molecule is CCN(CC1CCCOC1)C1CC2CCC(C1)N2. The Morgan fingerprint density at radius 2 is 1.94 bits per heavy atom. The molecule has 3 heteroatoms. The Labute approximate surface area is 111 Å². The second-order valence-electron chi connectivity index (χ2n) is 6.43. The van der Waals surface area contributed by atoms with Gasteiger partial charge in [0.1, 0.15) is 0 Å². The van der Waals surface area contributed by atoms with Gasteiger partial charge in [-0.3, -0.25) is 0 Å². The average molecular weight is 252 g/mol. The van der Waals surface area contributed by atoms with Crippen LogP contribution in [-0.2, 0) is 4.74 Å². The van der Waals surface area contributed by atoms with E-state index in [0.29, 0.717) is 0 Å². The van der Waals surface area contributed by atoms with E-state index in [1.54, 1.807) is 0 Å². The third-order valence-electron chi connectivity index (χ3n) is 5.12. The van der Waals surface area contributed by atoms with Gasteiger partial charge in [-0.25, -0.2) is 0 Å². The van der Waals surface area contributed by atoms with E-state index in [9.17, 15) is 0 Å². The van der Waals surface area contributed by atoms with Crippen LogP contribution in [0, 0.1) is 5.92 Å². The smallest absolute Gasteiger partial charge is 0.0506 e. The molecule has 0 saturated carbocycles. The monoisotopic (exact) mass is 252 g/mol. The molecule has 0 radical (unpaired) electrons. The molecule has 2 bridgehead atoms. The lowest BCUT2D eigenvalue weighted by atomic mass is 9.95. The molecule has 3 fully saturated rings. The minimum absolute atomic E-state index is 0.784. The van der Waals surface area contributed by atoms with Gasteiger partial charge >= 0.3 is 0 Å². The Morgan fingerprint density at radius 1 is 1.17 bits per heavy atom. The van der Waals surface area contributed by atoms with Gasteiger partial charge in [-0.2, -0.15) is 0 Å². The topological polar surface area (TPSA) is 24.5 Å². The van der Waals surface area contributed by atoms with Crippen molar-refractivity contribution in [1.29, 1.82) is 0 Å². The van der Waals surface area contributed by atoms with Crippen LogP contribution in [0.2, 0.25) is 0 Å². The zero-order chi connectivity index (χ0) is 12.4. The fourth-order valence-corrected chi connectivity index (χ4v) is 4.14. The van der Waals surface area contributed by atoms with Gasteiger partial charge in [0, 0.05) is 31.3 Å². The fourth-order valence-electron chi connectivity index (χ4n) is 4.14. The summed E-state index contributed by atoms with van der Waals surface area (Å²) in [4.78, 5) is 2.74. The first kappa shape index (κ1) is 12.9. The van der Waals surface area contributed by atoms with Crippen LogP contribution in [0.25, 0.3) is 0 Å². The molecule has 104 valence electrons. The molecular weight excluding hydrogens is 224 g/mol. The zero-order valence-corrected chi connectivity index (χ0v) is 11.7. The number of nitrogens with one attached hydrogen (secondary N) is 1. The van der Waals surface area contributed by atoms with Crippen LogP contribution in [0.3, 0.4) is 0 Å². The molecule has 1 N–H and O–H groups in total. The predicted molar refractivity (Wildman–Crippen MR) is 73.8 cm³/mol. The molecule has 0 amide bonds. The lowest BCUT2D eigenvalue weighted by molar-refractivity contribution is 0.0266. The first-order valence-corrected chi connectivity index (χ1v) is 7.93. The molecule has 3 aliphatic rings. The number of hydrogen-bond acceptors (Lipinski definition) is 3. The van der Waals surface area contributed by atoms with E-state index in [0.717, 1.165) is 37.3 Å². The fraction of sp³-hybridized carbons (Fsp3) is 1.00. The minimum Gasteiger partial charge on any atom is -0.381 e. The molecule has 3 heterocycles. The summed E-state index contributed by atoms with van der Waals surface area (Å²) >= 11 is 0. The van der Waals surface area contributed by atoms with Crippen LogP contribution in [0.5, 0.6) is 0 Å². The van der Waals surface area contributed by atoms with Crippen LogP contribution in [0.1, 0.15) is 45.4 Å². The Morgan fingerprint density at radius 3 is 2.56 bits per heavy atom. The quantitative estimate of drug-likeness (QED) is 0.828. The second-order valence-corrected chi connectivity index (χ2v) is 6.43. The summed E-state index contributed by atoms with van der Waals surface area (Å²) in [6.07, 6.45) is 8.19. The molecule has 0 aromatic heterocycles. The number of rotatable bonds is 4. The normalized spacial score (nSPS) is 40.3. The number of nitrogens with zero attached hydrogens (tertiary/aromatic N) is 1. The molecule has 3 saturated heterocycles. The molecule has 3 rings (SSSR count). The van der Waals surface area contributed by atoms with E-state index < -0.39 is 0 Å². The summed E-state index contributed by atoms with van der Waals surface area (Å²) in [5, 5.41) is 3.75. The van der Waals surface area contributed by atoms with E-state index >= 15 is 0 Å². The second kappa shape index (κ2) is 5.89. The van der Waals surface area contributed by atoms with Gasteiger partial charge < -0.3 is 15.0 Å². The highest BCUT2D eigenvalue weighted by atomic mass is 16.5. The number of fused-ring (bicyclic) bond motifs is 2. The van der Waals surface area contributed by atoms with E-state index in [4.69, 9.17) is 4.74 Å². The maximum absolute atomic E-state index is 5.63. The minimum atomic E-state index is 0.784. The van der Waals surface area contributed by atoms with Crippen LogP contribution in [0.4, 0.5) is 0 Å². The van der Waals surface area contributed by atoms with Gasteiger partial charge in [-0.1, -0.05) is 6.92 Å². The number of ether oxygens (including phenoxy) is 1. The van der Waals surface area contributed by atoms with Gasteiger partial charge in [0.15, 0.2) is 0 Å². The zero-order valence-electron chi connectivity index (χ0n) is 11.7. The molecular formula is C15H28N2O. The van der Waals surface area contributed by atoms with E-state index in [2.05, 4.69) is 17.1 Å². The predicted octanol–water partition coefficient (Wildman–Crippen LogP) is 2.02. The summed E-state index contributed by atoms with van der Waals surface area (Å²) < 4.78 is 5.63. The lowest BCUT2D eigenvalue weighted by Gasteiger charge is -2.39. The van der Waals surface area contributed by atoms with Crippen molar-refractivity contribution in [1.82, 2.24) is 10.2 Å². The Kier molecular flexibility index (Phi) is 4.22. The summed E-state index contributed by atoms with van der Waals surface area (Å²) in [5.41, 5.74) is 0. The largest absolute Gasteiger partial charge is 0.381 e. The summed E-state index contributed by atoms with van der Waals surface area (Å²) in [6.45, 7) is 6.78. The van der Waals surface area contributed by atoms with Crippen molar-refractivity contribution < 1.29 is 4.74 Å². The summed E-state index contributed by atoms with van der Waals surface area (Å²) in [6, 6.07) is 2.45. The Hall–Kier alpha value is -0.120. The van der Waals surface area contributed by atoms with Crippen molar-refractivity contribution in [3.05, 3.63) is 0 Å². The number of hydrogen-bond donors (Lipinski definition) is 1. The van der Waals surface area contributed by atoms with Gasteiger partial charge in [0.25, 0.3) is 0 Å². The highest BCUT2D eigenvalue weighted by Gasteiger charge is 2.36. The molecule has 0 aromatic carbocycles. The first-order valence-electron chi connectivity index (χ1n) is 7.93. The van der Waals surface area contributed by atoms with Crippen molar-refractivity contribution in [2.45, 2.75) is 63.6 Å². The van der Waals surface area contributed by atoms with Crippen LogP contribution >= 0.6 is 0 Å². The van der Waals surface area contributed by atoms with Gasteiger partial charge in [-0.15, -0.1) is 0 Å². The highest BCUT2D eigenvalue weighted by Crippen LogP contribution is 2.30. The van der Waals surface area contributed by atoms with Crippen molar-refractivity contribution in [3.63, 3.8) is 0 Å². The molecule has 0 spiro atoms. The summed E-state index contributed by atoms with van der Waals surface area (Å²) in [5.74, 6) is 0.784. The van der Waals surface area contributed by atoms with E-state index in [1.807, 2.05) is 0 Å². The maximum atomic E-state index is 5.63. The maximum Gasteiger partial charge on any atom is 0.0506 e. The molecule has 0 aliphatic carbocycles. The van der Waals surface area contributed by atoms with E-state index in [-0.39, 0.29) is 0 Å². The van der Waals surface area contributed by atoms with Crippen molar-refractivity contribution in [2.24, 2.45) is 5.92 Å². The van der Waals surface area contributed by atoms with Crippen LogP contribution in [-0.4, -0.2) is 49.3 Å².